The van der Waals surface area contributed by atoms with Crippen LogP contribution in [0.4, 0.5) is 8.78 Å². The smallest absolute Gasteiger partial charge is 0.387 e. The SMILES string of the molecule is CCNC(=NCC(O)c1ccc(OC(F)F)cc1)NCCc1ccc(OC)c(OC)c1. The maximum absolute atomic E-state index is 12.2. The van der Waals surface area contributed by atoms with Crippen molar-refractivity contribution in [1.82, 2.24) is 10.6 Å². The number of alkyl halides is 2. The molecule has 7 nitrogen and oxygen atoms in total. The van der Waals surface area contributed by atoms with E-state index in [9.17, 15) is 13.9 Å². The minimum atomic E-state index is -2.88. The van der Waals surface area contributed by atoms with E-state index in [1.54, 1.807) is 14.2 Å². The summed E-state index contributed by atoms with van der Waals surface area (Å²) >= 11 is 0. The number of hydrogen-bond acceptors (Lipinski definition) is 5. The van der Waals surface area contributed by atoms with E-state index in [1.165, 1.54) is 24.3 Å². The Balaban J connectivity index is 1.91. The number of hydrogen-bond donors (Lipinski definition) is 3. The normalized spacial score (nSPS) is 12.4. The van der Waals surface area contributed by atoms with Crippen LogP contribution in [0.3, 0.4) is 0 Å². The van der Waals surface area contributed by atoms with Gasteiger partial charge in [-0.1, -0.05) is 18.2 Å². The van der Waals surface area contributed by atoms with E-state index in [0.717, 1.165) is 12.0 Å². The molecule has 0 bridgehead atoms. The number of nitrogens with zero attached hydrogens (tertiary/aromatic N) is 1. The second kappa shape index (κ2) is 12.6. The highest BCUT2D eigenvalue weighted by Gasteiger charge is 2.10. The van der Waals surface area contributed by atoms with E-state index >= 15 is 0 Å². The summed E-state index contributed by atoms with van der Waals surface area (Å²) in [6.45, 7) is 0.465. The Morgan fingerprint density at radius 2 is 1.74 bits per heavy atom. The molecule has 1 atom stereocenters. The van der Waals surface area contributed by atoms with Crippen LogP contribution in [0, 0.1) is 0 Å². The lowest BCUT2D eigenvalue weighted by Gasteiger charge is -2.14. The number of methoxy groups -OCH3 is 2. The molecule has 9 heteroatoms. The Morgan fingerprint density at radius 1 is 1.03 bits per heavy atom. The predicted octanol–water partition coefficient (Wildman–Crippen LogP) is 3.14. The van der Waals surface area contributed by atoms with Crippen molar-refractivity contribution in [3.05, 3.63) is 53.6 Å². The largest absolute Gasteiger partial charge is 0.493 e. The minimum absolute atomic E-state index is 0.0413. The number of guanidine groups is 1. The molecule has 1 unspecified atom stereocenters. The number of ether oxygens (including phenoxy) is 3. The van der Waals surface area contributed by atoms with Crippen molar-refractivity contribution in [3.8, 4) is 17.2 Å². The summed E-state index contributed by atoms with van der Waals surface area (Å²) in [7, 11) is 3.19. The van der Waals surface area contributed by atoms with Crippen molar-refractivity contribution < 1.29 is 28.1 Å². The lowest BCUT2D eigenvalue weighted by molar-refractivity contribution is -0.0498. The average Bonchev–Trinajstić information content (AvgIpc) is 2.77. The highest BCUT2D eigenvalue weighted by atomic mass is 19.3. The van der Waals surface area contributed by atoms with Crippen molar-refractivity contribution in [2.24, 2.45) is 4.99 Å². The van der Waals surface area contributed by atoms with Crippen LogP contribution in [0.1, 0.15) is 24.2 Å². The number of halogens is 2. The Hall–Kier alpha value is -3.07. The number of rotatable bonds is 11. The zero-order valence-corrected chi connectivity index (χ0v) is 17.9. The molecule has 170 valence electrons. The zero-order chi connectivity index (χ0) is 22.6. The van der Waals surface area contributed by atoms with Crippen molar-refractivity contribution in [1.29, 1.82) is 0 Å². The van der Waals surface area contributed by atoms with Gasteiger partial charge in [0.2, 0.25) is 0 Å². The van der Waals surface area contributed by atoms with E-state index < -0.39 is 12.7 Å². The monoisotopic (exact) mass is 437 g/mol. The molecular formula is C22H29F2N3O4. The third-order valence-electron chi connectivity index (χ3n) is 4.41. The van der Waals surface area contributed by atoms with Crippen molar-refractivity contribution in [3.63, 3.8) is 0 Å². The first-order chi connectivity index (χ1) is 15.0. The average molecular weight is 437 g/mol. The minimum Gasteiger partial charge on any atom is -0.493 e. The molecule has 0 spiro atoms. The number of aliphatic hydroxyl groups is 1. The molecule has 0 radical (unpaired) electrons. The second-order valence-electron chi connectivity index (χ2n) is 6.55. The van der Waals surface area contributed by atoms with Gasteiger partial charge in [-0.15, -0.1) is 0 Å². The number of nitrogens with one attached hydrogen (secondary N) is 2. The fourth-order valence-corrected chi connectivity index (χ4v) is 2.86. The van der Waals surface area contributed by atoms with Gasteiger partial charge in [0, 0.05) is 13.1 Å². The molecule has 0 aromatic heterocycles. The van der Waals surface area contributed by atoms with Gasteiger partial charge >= 0.3 is 6.61 Å². The quantitative estimate of drug-likeness (QED) is 0.370. The van der Waals surface area contributed by atoms with Gasteiger partial charge in [0.15, 0.2) is 17.5 Å². The predicted molar refractivity (Wildman–Crippen MR) is 115 cm³/mol. The molecule has 0 saturated carbocycles. The van der Waals surface area contributed by atoms with Gasteiger partial charge in [-0.3, -0.25) is 4.99 Å². The van der Waals surface area contributed by atoms with Crippen molar-refractivity contribution >= 4 is 5.96 Å². The van der Waals surface area contributed by atoms with Crippen LogP contribution in [0.2, 0.25) is 0 Å². The third kappa shape index (κ3) is 7.93. The molecule has 3 N–H and O–H groups in total. The Morgan fingerprint density at radius 3 is 2.35 bits per heavy atom. The van der Waals surface area contributed by atoms with Gasteiger partial charge in [0.25, 0.3) is 0 Å². The molecule has 0 saturated heterocycles. The van der Waals surface area contributed by atoms with Crippen LogP contribution >= 0.6 is 0 Å². The summed E-state index contributed by atoms with van der Waals surface area (Å²) < 4.78 is 39.3. The molecule has 31 heavy (non-hydrogen) atoms. The Labute approximate surface area is 181 Å². The Kier molecular flexibility index (Phi) is 9.83. The molecular weight excluding hydrogens is 408 g/mol. The number of aliphatic hydroxyl groups excluding tert-OH is 1. The molecule has 0 aliphatic rings. The van der Waals surface area contributed by atoms with E-state index in [-0.39, 0.29) is 12.3 Å². The summed E-state index contributed by atoms with van der Waals surface area (Å²) in [4.78, 5) is 4.40. The van der Waals surface area contributed by atoms with E-state index in [4.69, 9.17) is 9.47 Å². The fourth-order valence-electron chi connectivity index (χ4n) is 2.86. The molecule has 2 aromatic rings. The number of benzene rings is 2. The topological polar surface area (TPSA) is 84.3 Å². The first-order valence-electron chi connectivity index (χ1n) is 9.92. The second-order valence-corrected chi connectivity index (χ2v) is 6.55. The molecule has 2 aromatic carbocycles. The van der Waals surface area contributed by atoms with Gasteiger partial charge in [0.1, 0.15) is 5.75 Å². The third-order valence-corrected chi connectivity index (χ3v) is 4.41. The first kappa shape index (κ1) is 24.2. The lowest BCUT2D eigenvalue weighted by Crippen LogP contribution is -2.38. The van der Waals surface area contributed by atoms with Crippen LogP contribution < -0.4 is 24.8 Å². The van der Waals surface area contributed by atoms with Crippen LogP contribution in [0.25, 0.3) is 0 Å². The highest BCUT2D eigenvalue weighted by Crippen LogP contribution is 2.27. The lowest BCUT2D eigenvalue weighted by atomic mass is 10.1. The summed E-state index contributed by atoms with van der Waals surface area (Å²) in [5.74, 6) is 1.96. The fraction of sp³-hybridized carbons (Fsp3) is 0.409. The van der Waals surface area contributed by atoms with Gasteiger partial charge in [0.05, 0.1) is 26.9 Å². The molecule has 0 amide bonds. The van der Waals surface area contributed by atoms with Gasteiger partial charge in [-0.25, -0.2) is 0 Å². The molecule has 0 aliphatic carbocycles. The molecule has 0 aliphatic heterocycles. The van der Waals surface area contributed by atoms with E-state index in [2.05, 4.69) is 20.4 Å². The first-order valence-corrected chi connectivity index (χ1v) is 9.92. The summed E-state index contributed by atoms with van der Waals surface area (Å²) in [6.07, 6.45) is -0.138. The summed E-state index contributed by atoms with van der Waals surface area (Å²) in [5.41, 5.74) is 1.64. The van der Waals surface area contributed by atoms with Gasteiger partial charge in [-0.05, 0) is 48.7 Å². The van der Waals surface area contributed by atoms with Crippen molar-refractivity contribution in [2.75, 3.05) is 33.9 Å². The van der Waals surface area contributed by atoms with Crippen LogP contribution in [0.15, 0.2) is 47.5 Å². The van der Waals surface area contributed by atoms with Crippen molar-refractivity contribution in [2.45, 2.75) is 26.1 Å². The van der Waals surface area contributed by atoms with Crippen LogP contribution in [-0.4, -0.2) is 51.5 Å². The molecule has 0 heterocycles. The number of aliphatic imine (C=N–C) groups is 1. The van der Waals surface area contributed by atoms with Crippen LogP contribution in [-0.2, 0) is 6.42 Å². The molecule has 0 fully saturated rings. The zero-order valence-electron chi connectivity index (χ0n) is 17.9. The summed E-state index contributed by atoms with van der Waals surface area (Å²) in [6, 6.07) is 11.6. The van der Waals surface area contributed by atoms with Crippen LogP contribution in [0.5, 0.6) is 17.2 Å². The maximum atomic E-state index is 12.2. The van der Waals surface area contributed by atoms with Gasteiger partial charge in [-0.2, -0.15) is 8.78 Å². The highest BCUT2D eigenvalue weighted by molar-refractivity contribution is 5.79. The molecule has 2 rings (SSSR count). The van der Waals surface area contributed by atoms with E-state index in [1.807, 2.05) is 25.1 Å². The maximum Gasteiger partial charge on any atom is 0.387 e. The Bertz CT molecular complexity index is 832. The summed E-state index contributed by atoms with van der Waals surface area (Å²) in [5, 5.41) is 16.7. The van der Waals surface area contributed by atoms with Gasteiger partial charge < -0.3 is 30.0 Å². The van der Waals surface area contributed by atoms with E-state index in [0.29, 0.717) is 36.1 Å². The standard InChI is InChI=1S/C22H29F2N3O4/c1-4-25-22(26-12-11-15-5-10-19(29-2)20(13-15)30-3)27-14-18(28)16-6-8-17(9-7-16)31-21(23)24/h5-10,13,18,21,28H,4,11-12,14H2,1-3H3,(H2,25,26,27).